The number of aryl methyl sites for hydroxylation is 1. The minimum Gasteiger partial charge on any atom is -0.539 e. The number of nitrogens with zero attached hydrogens (tertiary/aromatic N) is 1. The second-order valence-electron chi connectivity index (χ2n) is 2.07. The molecule has 0 saturated carbocycles. The zero-order valence-electron chi connectivity index (χ0n) is 8.07. The first kappa shape index (κ1) is 11.7. The average Bonchev–Trinajstić information content (AvgIpc) is 2.20. The number of hydrogen-bond donors (Lipinski definition) is 0. The summed E-state index contributed by atoms with van der Waals surface area (Å²) in [6, 6.07) is 5.05. The Hall–Kier alpha value is -1.32. The van der Waals surface area contributed by atoms with E-state index in [1.807, 2.05) is 13.8 Å². The fourth-order valence-electron chi connectivity index (χ4n) is 0.717. The van der Waals surface area contributed by atoms with Crippen LogP contribution < -0.4 is 0 Å². The van der Waals surface area contributed by atoms with E-state index in [2.05, 4.69) is 17.7 Å². The molecule has 0 unspecified atom stereocenters. The van der Waals surface area contributed by atoms with E-state index in [4.69, 9.17) is 0 Å². The van der Waals surface area contributed by atoms with Crippen molar-refractivity contribution >= 4 is 14.0 Å². The Morgan fingerprint density at radius 2 is 2.08 bits per heavy atom. The highest BCUT2D eigenvalue weighted by Crippen LogP contribution is 1.98. The van der Waals surface area contributed by atoms with Crippen molar-refractivity contribution < 1.29 is 9.45 Å². The first-order valence-corrected chi connectivity index (χ1v) is 4.09. The van der Waals surface area contributed by atoms with E-state index in [0.29, 0.717) is 0 Å². The summed E-state index contributed by atoms with van der Waals surface area (Å²) in [5, 5.41) is 0. The van der Waals surface area contributed by atoms with Crippen molar-refractivity contribution in [2.45, 2.75) is 20.8 Å². The van der Waals surface area contributed by atoms with Gasteiger partial charge in [-0.1, -0.05) is 19.9 Å². The zero-order chi connectivity index (χ0) is 10.3. The number of carbonyl (C=O) groups excluding carboxylic acids is 1. The number of rotatable bonds is 1. The van der Waals surface area contributed by atoms with Gasteiger partial charge in [0.15, 0.2) is 0 Å². The highest BCUT2D eigenvalue weighted by Gasteiger charge is 2.04. The summed E-state index contributed by atoms with van der Waals surface area (Å²) in [7, 11) is 4.66. The predicted octanol–water partition coefficient (Wildman–Crippen LogP) is 1.66. The molecule has 1 aromatic heterocycles. The number of hydrogen-bond acceptors (Lipinski definition) is 3. The first-order valence-electron chi connectivity index (χ1n) is 4.09. The lowest BCUT2D eigenvalue weighted by Crippen LogP contribution is -2.05. The van der Waals surface area contributed by atoms with Crippen molar-refractivity contribution in [3.05, 3.63) is 29.6 Å². The van der Waals surface area contributed by atoms with Gasteiger partial charge in [0, 0.05) is 5.69 Å². The first-order chi connectivity index (χ1) is 6.24. The normalized spacial score (nSPS) is 8.23. The molecule has 3 nitrogen and oxygen atoms in total. The quantitative estimate of drug-likeness (QED) is 0.612. The van der Waals surface area contributed by atoms with Gasteiger partial charge in [-0.25, -0.2) is 9.78 Å². The Labute approximate surface area is 79.6 Å². The summed E-state index contributed by atoms with van der Waals surface area (Å²) in [6.07, 6.45) is 0. The van der Waals surface area contributed by atoms with Gasteiger partial charge in [-0.3, -0.25) is 0 Å². The van der Waals surface area contributed by atoms with Gasteiger partial charge in [0.25, 0.3) is 0 Å². The fourth-order valence-corrected chi connectivity index (χ4v) is 0.717. The van der Waals surface area contributed by atoms with Crippen LogP contribution in [0.1, 0.15) is 30.0 Å². The van der Waals surface area contributed by atoms with Crippen LogP contribution in [0.5, 0.6) is 0 Å². The molecule has 0 aliphatic heterocycles. The van der Waals surface area contributed by atoms with Gasteiger partial charge < -0.3 is 4.65 Å². The van der Waals surface area contributed by atoms with Crippen molar-refractivity contribution in [3.8, 4) is 0 Å². The largest absolute Gasteiger partial charge is 0.539 e. The molecule has 0 fully saturated rings. The maximum Gasteiger partial charge on any atom is 0.378 e. The van der Waals surface area contributed by atoms with Crippen molar-refractivity contribution in [1.29, 1.82) is 0 Å². The standard InChI is InChI=1S/C7H6BNO2.C2H6/c1-5-3-2-4-6(9-5)7(10)11-8;1-2/h2-4H,1H3;1-2H3. The molecule has 0 amide bonds. The molecule has 1 rings (SSSR count). The zero-order valence-corrected chi connectivity index (χ0v) is 8.07. The van der Waals surface area contributed by atoms with Crippen LogP contribution in [0.25, 0.3) is 0 Å². The van der Waals surface area contributed by atoms with Gasteiger partial charge in [-0.05, 0) is 19.1 Å². The van der Waals surface area contributed by atoms with Gasteiger partial charge in [0.05, 0.1) is 0 Å². The summed E-state index contributed by atoms with van der Waals surface area (Å²) in [4.78, 5) is 14.6. The Balaban J connectivity index is 0.000000671. The molecular formula is C9H12BNO2. The lowest BCUT2D eigenvalue weighted by molar-refractivity contribution is 0.0743. The van der Waals surface area contributed by atoms with E-state index in [-0.39, 0.29) is 5.69 Å². The highest BCUT2D eigenvalue weighted by atomic mass is 16.5. The lowest BCUT2D eigenvalue weighted by Gasteiger charge is -1.98. The van der Waals surface area contributed by atoms with Crippen molar-refractivity contribution in [1.82, 2.24) is 4.98 Å². The third-order valence-electron chi connectivity index (χ3n) is 1.20. The molecule has 1 aromatic rings. The van der Waals surface area contributed by atoms with Gasteiger partial charge >= 0.3 is 14.0 Å². The molecule has 13 heavy (non-hydrogen) atoms. The van der Waals surface area contributed by atoms with Crippen LogP contribution in [0.3, 0.4) is 0 Å². The molecule has 68 valence electrons. The van der Waals surface area contributed by atoms with E-state index in [0.717, 1.165) is 5.69 Å². The van der Waals surface area contributed by atoms with Crippen molar-refractivity contribution in [3.63, 3.8) is 0 Å². The Morgan fingerprint density at radius 1 is 1.46 bits per heavy atom. The maximum absolute atomic E-state index is 10.8. The number of aromatic nitrogens is 1. The number of pyridine rings is 1. The topological polar surface area (TPSA) is 39.2 Å². The molecule has 1 heterocycles. The second kappa shape index (κ2) is 6.23. The Bertz CT molecular complexity index is 276. The monoisotopic (exact) mass is 177 g/mol. The summed E-state index contributed by atoms with van der Waals surface area (Å²) in [5.74, 6) is -0.617. The molecule has 2 radical (unpaired) electrons. The van der Waals surface area contributed by atoms with Crippen LogP contribution in [0, 0.1) is 6.92 Å². The molecule has 0 spiro atoms. The molecule has 0 bridgehead atoms. The van der Waals surface area contributed by atoms with E-state index in [1.54, 1.807) is 25.1 Å². The van der Waals surface area contributed by atoms with Crippen LogP contribution in [0.2, 0.25) is 0 Å². The smallest absolute Gasteiger partial charge is 0.378 e. The van der Waals surface area contributed by atoms with Crippen molar-refractivity contribution in [2.75, 3.05) is 0 Å². The van der Waals surface area contributed by atoms with Crippen LogP contribution in [-0.2, 0) is 4.65 Å². The molecular weight excluding hydrogens is 165 g/mol. The SMILES string of the molecule is CC.[B]OC(=O)c1cccc(C)n1. The predicted molar refractivity (Wildman–Crippen MR) is 51.5 cm³/mol. The van der Waals surface area contributed by atoms with E-state index >= 15 is 0 Å². The van der Waals surface area contributed by atoms with Crippen LogP contribution in [0.15, 0.2) is 18.2 Å². The minimum absolute atomic E-state index is 0.229. The Morgan fingerprint density at radius 3 is 2.54 bits per heavy atom. The van der Waals surface area contributed by atoms with Crippen LogP contribution in [0.4, 0.5) is 0 Å². The summed E-state index contributed by atoms with van der Waals surface area (Å²) >= 11 is 0. The van der Waals surface area contributed by atoms with E-state index in [9.17, 15) is 4.79 Å². The van der Waals surface area contributed by atoms with Crippen molar-refractivity contribution in [2.24, 2.45) is 0 Å². The van der Waals surface area contributed by atoms with Crippen LogP contribution in [-0.4, -0.2) is 19.0 Å². The van der Waals surface area contributed by atoms with E-state index in [1.165, 1.54) is 0 Å². The van der Waals surface area contributed by atoms with Gasteiger partial charge in [0.2, 0.25) is 0 Å². The average molecular weight is 177 g/mol. The highest BCUT2D eigenvalue weighted by molar-refractivity contribution is 6.08. The second-order valence-corrected chi connectivity index (χ2v) is 2.07. The summed E-state index contributed by atoms with van der Waals surface area (Å²) < 4.78 is 3.99. The Kier molecular flexibility index (Phi) is 5.60. The third kappa shape index (κ3) is 3.74. The molecule has 4 heteroatoms. The summed E-state index contributed by atoms with van der Waals surface area (Å²) in [5.41, 5.74) is 0.986. The van der Waals surface area contributed by atoms with E-state index < -0.39 is 5.97 Å². The molecule has 0 saturated heterocycles. The van der Waals surface area contributed by atoms with Gasteiger partial charge in [-0.15, -0.1) is 0 Å². The fraction of sp³-hybridized carbons (Fsp3) is 0.333. The molecule has 0 aliphatic carbocycles. The van der Waals surface area contributed by atoms with Crippen LogP contribution >= 0.6 is 0 Å². The third-order valence-corrected chi connectivity index (χ3v) is 1.20. The molecule has 0 aromatic carbocycles. The molecule has 0 N–H and O–H groups in total. The van der Waals surface area contributed by atoms with Gasteiger partial charge in [0.1, 0.15) is 5.69 Å². The molecule has 0 atom stereocenters. The summed E-state index contributed by atoms with van der Waals surface area (Å²) in [6.45, 7) is 5.79. The number of carbonyl (C=O) groups is 1. The van der Waals surface area contributed by atoms with Gasteiger partial charge in [-0.2, -0.15) is 0 Å². The maximum atomic E-state index is 10.8. The molecule has 0 aliphatic rings. The lowest BCUT2D eigenvalue weighted by atomic mass is 10.3. The minimum atomic E-state index is -0.617.